The summed E-state index contributed by atoms with van der Waals surface area (Å²) >= 11 is 7.44. The van der Waals surface area contributed by atoms with Crippen LogP contribution in [0.5, 0.6) is 0 Å². The number of nitrogens with one attached hydrogen (secondary N) is 1. The molecule has 1 aromatic heterocycles. The van der Waals surface area contributed by atoms with E-state index in [0.29, 0.717) is 5.02 Å². The third kappa shape index (κ3) is 4.75. The van der Waals surface area contributed by atoms with Gasteiger partial charge in [0.15, 0.2) is 0 Å². The highest BCUT2D eigenvalue weighted by Gasteiger charge is 2.17. The minimum Gasteiger partial charge on any atom is -0.344 e. The lowest BCUT2D eigenvalue weighted by molar-refractivity contribution is -0.119. The van der Waals surface area contributed by atoms with Gasteiger partial charge in [-0.2, -0.15) is 0 Å². The first-order valence-corrected chi connectivity index (χ1v) is 10.5. The van der Waals surface area contributed by atoms with Gasteiger partial charge in [0.25, 0.3) is 0 Å². The van der Waals surface area contributed by atoms with Gasteiger partial charge in [-0.05, 0) is 29.3 Å². The number of nitrogens with zero attached hydrogens (tertiary/aromatic N) is 2. The first kappa shape index (κ1) is 19.4. The molecule has 0 saturated carbocycles. The van der Waals surface area contributed by atoms with Crippen molar-refractivity contribution in [3.63, 3.8) is 0 Å². The molecule has 0 spiro atoms. The average Bonchev–Trinajstić information content (AvgIpc) is 2.77. The normalized spacial score (nSPS) is 11.9. The Morgan fingerprint density at radius 2 is 1.59 bits per heavy atom. The van der Waals surface area contributed by atoms with Crippen molar-refractivity contribution >= 4 is 40.2 Å². The number of para-hydroxylation sites is 1. The van der Waals surface area contributed by atoms with Crippen LogP contribution in [0.25, 0.3) is 10.9 Å². The number of hydrogen-bond acceptors (Lipinski definition) is 4. The van der Waals surface area contributed by atoms with Crippen molar-refractivity contribution in [3.05, 3.63) is 101 Å². The Hall–Kier alpha value is -2.89. The molecule has 1 amide bonds. The van der Waals surface area contributed by atoms with Crippen molar-refractivity contribution in [2.75, 3.05) is 5.75 Å². The van der Waals surface area contributed by atoms with Gasteiger partial charge in [-0.15, -0.1) is 0 Å². The molecule has 1 N–H and O–H groups in total. The third-order valence-corrected chi connectivity index (χ3v) is 5.75. The second-order valence-corrected chi connectivity index (χ2v) is 7.85. The Kier molecular flexibility index (Phi) is 6.08. The highest BCUT2D eigenvalue weighted by Crippen LogP contribution is 2.26. The van der Waals surface area contributed by atoms with E-state index in [1.807, 2.05) is 78.9 Å². The average molecular weight is 420 g/mol. The largest absolute Gasteiger partial charge is 0.344 e. The molecule has 4 nitrogen and oxygen atoms in total. The molecule has 0 aliphatic rings. The molecule has 1 atom stereocenters. The number of benzene rings is 3. The third-order valence-electron chi connectivity index (χ3n) is 4.49. The van der Waals surface area contributed by atoms with Gasteiger partial charge in [0.2, 0.25) is 5.91 Å². The van der Waals surface area contributed by atoms with E-state index in [9.17, 15) is 4.79 Å². The summed E-state index contributed by atoms with van der Waals surface area (Å²) in [5, 5.41) is 5.55. The van der Waals surface area contributed by atoms with Crippen LogP contribution in [-0.4, -0.2) is 21.6 Å². The number of fused-ring (bicyclic) bond motifs is 1. The van der Waals surface area contributed by atoms with Gasteiger partial charge < -0.3 is 5.32 Å². The van der Waals surface area contributed by atoms with Crippen molar-refractivity contribution in [1.29, 1.82) is 0 Å². The molecule has 6 heteroatoms. The number of thioether (sulfide) groups is 1. The molecule has 0 radical (unpaired) electrons. The Labute approximate surface area is 178 Å². The molecule has 3 aromatic carbocycles. The molecule has 144 valence electrons. The Morgan fingerprint density at radius 1 is 0.897 bits per heavy atom. The first-order chi connectivity index (χ1) is 14.2. The zero-order valence-electron chi connectivity index (χ0n) is 15.5. The Morgan fingerprint density at radius 3 is 2.38 bits per heavy atom. The minimum absolute atomic E-state index is 0.0681. The SMILES string of the molecule is O=C(CSc1ncnc2ccccc12)NC(c1ccccc1)c1ccc(Cl)cc1. The molecule has 0 saturated heterocycles. The van der Waals surface area contributed by atoms with Crippen LogP contribution in [-0.2, 0) is 4.79 Å². The maximum Gasteiger partial charge on any atom is 0.231 e. The maximum absolute atomic E-state index is 12.8. The number of hydrogen-bond donors (Lipinski definition) is 1. The summed E-state index contributed by atoms with van der Waals surface area (Å²) < 4.78 is 0. The van der Waals surface area contributed by atoms with E-state index in [0.717, 1.165) is 27.1 Å². The number of halogens is 1. The highest BCUT2D eigenvalue weighted by atomic mass is 35.5. The second-order valence-electron chi connectivity index (χ2n) is 6.45. The zero-order valence-corrected chi connectivity index (χ0v) is 17.0. The summed E-state index contributed by atoms with van der Waals surface area (Å²) in [6.45, 7) is 0. The summed E-state index contributed by atoms with van der Waals surface area (Å²) in [5.41, 5.74) is 2.86. The predicted molar refractivity (Wildman–Crippen MR) is 118 cm³/mol. The quantitative estimate of drug-likeness (QED) is 0.341. The number of carbonyl (C=O) groups is 1. The van der Waals surface area contributed by atoms with Gasteiger partial charge in [-0.3, -0.25) is 4.79 Å². The van der Waals surface area contributed by atoms with E-state index in [-0.39, 0.29) is 17.7 Å². The van der Waals surface area contributed by atoms with Crippen LogP contribution in [0.2, 0.25) is 5.02 Å². The fourth-order valence-corrected chi connectivity index (χ4v) is 4.02. The molecule has 0 fully saturated rings. The molecular formula is C23H18ClN3OS. The van der Waals surface area contributed by atoms with Gasteiger partial charge in [0.1, 0.15) is 11.4 Å². The summed E-state index contributed by atoms with van der Waals surface area (Å²) in [4.78, 5) is 21.4. The van der Waals surface area contributed by atoms with Gasteiger partial charge >= 0.3 is 0 Å². The molecule has 29 heavy (non-hydrogen) atoms. The van der Waals surface area contributed by atoms with E-state index >= 15 is 0 Å². The van der Waals surface area contributed by atoms with Crippen molar-refractivity contribution in [2.45, 2.75) is 11.1 Å². The molecule has 0 aliphatic carbocycles. The summed E-state index contributed by atoms with van der Waals surface area (Å²) in [5.74, 6) is 0.194. The summed E-state index contributed by atoms with van der Waals surface area (Å²) in [7, 11) is 0. The van der Waals surface area contributed by atoms with E-state index in [4.69, 9.17) is 11.6 Å². The number of aromatic nitrogens is 2. The fourth-order valence-electron chi connectivity index (χ4n) is 3.09. The number of rotatable bonds is 6. The van der Waals surface area contributed by atoms with Crippen LogP contribution in [0.4, 0.5) is 0 Å². The van der Waals surface area contributed by atoms with E-state index in [1.165, 1.54) is 18.1 Å². The Bertz CT molecular complexity index is 1110. The zero-order chi connectivity index (χ0) is 20.1. The lowest BCUT2D eigenvalue weighted by atomic mass is 9.99. The lowest BCUT2D eigenvalue weighted by Gasteiger charge is -2.20. The minimum atomic E-state index is -0.247. The van der Waals surface area contributed by atoms with Gasteiger partial charge in [-0.25, -0.2) is 9.97 Å². The molecule has 0 aliphatic heterocycles. The van der Waals surface area contributed by atoms with Crippen LogP contribution in [0.3, 0.4) is 0 Å². The molecule has 4 rings (SSSR count). The fraction of sp³-hybridized carbons (Fsp3) is 0.0870. The predicted octanol–water partition coefficient (Wildman–Crippen LogP) is 5.28. The summed E-state index contributed by atoms with van der Waals surface area (Å²) in [6, 6.07) is 25.0. The standard InChI is InChI=1S/C23H18ClN3OS/c24-18-12-10-17(11-13-18)22(16-6-2-1-3-7-16)27-21(28)14-29-23-19-8-4-5-9-20(19)25-15-26-23/h1-13,15,22H,14H2,(H,27,28). The summed E-state index contributed by atoms with van der Waals surface area (Å²) in [6.07, 6.45) is 1.53. The smallest absolute Gasteiger partial charge is 0.231 e. The van der Waals surface area contributed by atoms with E-state index in [1.54, 1.807) is 0 Å². The van der Waals surface area contributed by atoms with Crippen LogP contribution in [0, 0.1) is 0 Å². The van der Waals surface area contributed by atoms with Crippen LogP contribution >= 0.6 is 23.4 Å². The van der Waals surface area contributed by atoms with Gasteiger partial charge in [-0.1, -0.05) is 84.0 Å². The van der Waals surface area contributed by atoms with Gasteiger partial charge in [0.05, 0.1) is 17.3 Å². The first-order valence-electron chi connectivity index (χ1n) is 9.13. The second kappa shape index (κ2) is 9.07. The molecular weight excluding hydrogens is 402 g/mol. The van der Waals surface area contributed by atoms with Crippen LogP contribution < -0.4 is 5.32 Å². The topological polar surface area (TPSA) is 54.9 Å². The Balaban J connectivity index is 1.51. The van der Waals surface area contributed by atoms with E-state index < -0.39 is 0 Å². The molecule has 1 heterocycles. The van der Waals surface area contributed by atoms with Crippen molar-refractivity contribution in [3.8, 4) is 0 Å². The monoisotopic (exact) mass is 419 g/mol. The highest BCUT2D eigenvalue weighted by molar-refractivity contribution is 8.00. The molecule has 0 bridgehead atoms. The molecule has 1 unspecified atom stereocenters. The maximum atomic E-state index is 12.8. The van der Waals surface area contributed by atoms with Crippen molar-refractivity contribution in [2.24, 2.45) is 0 Å². The van der Waals surface area contributed by atoms with Crippen LogP contribution in [0.1, 0.15) is 17.2 Å². The van der Waals surface area contributed by atoms with E-state index in [2.05, 4.69) is 15.3 Å². The number of carbonyl (C=O) groups excluding carboxylic acids is 1. The number of amides is 1. The van der Waals surface area contributed by atoms with Gasteiger partial charge in [0, 0.05) is 10.4 Å². The molecule has 4 aromatic rings. The van der Waals surface area contributed by atoms with Crippen LogP contribution in [0.15, 0.2) is 90.2 Å². The van der Waals surface area contributed by atoms with Crippen molar-refractivity contribution in [1.82, 2.24) is 15.3 Å². The van der Waals surface area contributed by atoms with Crippen molar-refractivity contribution < 1.29 is 4.79 Å². The lowest BCUT2D eigenvalue weighted by Crippen LogP contribution is -2.30.